The number of nitrogens with one attached hydrogen (secondary N) is 1. The van der Waals surface area contributed by atoms with Crippen LogP contribution < -0.4 is 15.0 Å². The second-order valence-electron chi connectivity index (χ2n) is 8.68. The third-order valence-corrected chi connectivity index (χ3v) is 6.47. The van der Waals surface area contributed by atoms with Gasteiger partial charge in [-0.25, -0.2) is 0 Å². The summed E-state index contributed by atoms with van der Waals surface area (Å²) in [5.74, 6) is 1.27. The topological polar surface area (TPSA) is 87.7 Å². The van der Waals surface area contributed by atoms with Gasteiger partial charge in [-0.2, -0.15) is 10.2 Å². The standard InChI is InChI=1S/C23H27N5O3/c29-22(17-12-27(13-17)19-9-10-24-25-11-19)26-18-5-7-20(8-6-18)31-21-14-28(15-21)23(30)16-3-1-2-4-16/h5-11,16-17,21H,1-4,12-15H2,(H,26,29). The minimum absolute atomic E-state index is 0.0204. The number of amides is 2. The summed E-state index contributed by atoms with van der Waals surface area (Å²) >= 11 is 0. The van der Waals surface area contributed by atoms with Crippen molar-refractivity contribution in [1.29, 1.82) is 0 Å². The molecule has 0 atom stereocenters. The Hall–Kier alpha value is -3.16. The predicted molar refractivity (Wildman–Crippen MR) is 116 cm³/mol. The van der Waals surface area contributed by atoms with Crippen molar-refractivity contribution in [2.24, 2.45) is 11.8 Å². The van der Waals surface area contributed by atoms with Crippen molar-refractivity contribution < 1.29 is 14.3 Å². The van der Waals surface area contributed by atoms with E-state index in [4.69, 9.17) is 4.74 Å². The van der Waals surface area contributed by atoms with E-state index in [9.17, 15) is 9.59 Å². The van der Waals surface area contributed by atoms with Crippen LogP contribution >= 0.6 is 0 Å². The molecule has 2 amide bonds. The van der Waals surface area contributed by atoms with E-state index in [0.717, 1.165) is 30.0 Å². The first kappa shape index (κ1) is 19.8. The summed E-state index contributed by atoms with van der Waals surface area (Å²) in [6.07, 6.45) is 7.83. The molecule has 1 N–H and O–H groups in total. The molecule has 2 aromatic rings. The highest BCUT2D eigenvalue weighted by Crippen LogP contribution is 2.29. The Kier molecular flexibility index (Phi) is 5.44. The van der Waals surface area contributed by atoms with Crippen molar-refractivity contribution in [2.75, 3.05) is 36.4 Å². The van der Waals surface area contributed by atoms with Gasteiger partial charge < -0.3 is 19.9 Å². The SMILES string of the molecule is O=C(Nc1ccc(OC2CN(C(=O)C3CCCC3)C2)cc1)C1CN(c2ccnnc2)C1. The molecular formula is C23H27N5O3. The predicted octanol–water partition coefficient (Wildman–Crippen LogP) is 2.33. The quantitative estimate of drug-likeness (QED) is 0.770. The average Bonchev–Trinajstić information content (AvgIpc) is 3.26. The van der Waals surface area contributed by atoms with Crippen LogP contribution in [-0.4, -0.2) is 59.2 Å². The molecule has 0 bridgehead atoms. The molecule has 5 rings (SSSR count). The summed E-state index contributed by atoms with van der Waals surface area (Å²) in [5.41, 5.74) is 1.74. The first-order valence-electron chi connectivity index (χ1n) is 11.0. The minimum atomic E-state index is -0.0394. The van der Waals surface area contributed by atoms with Crippen molar-refractivity contribution >= 4 is 23.2 Å². The molecule has 2 saturated heterocycles. The van der Waals surface area contributed by atoms with E-state index in [1.54, 1.807) is 12.4 Å². The number of benzene rings is 1. The van der Waals surface area contributed by atoms with Crippen LogP contribution in [0.25, 0.3) is 0 Å². The highest BCUT2D eigenvalue weighted by atomic mass is 16.5. The Morgan fingerprint density at radius 2 is 1.68 bits per heavy atom. The molecule has 3 aliphatic rings. The van der Waals surface area contributed by atoms with Gasteiger partial charge >= 0.3 is 0 Å². The maximum atomic E-state index is 12.5. The third kappa shape index (κ3) is 4.33. The molecule has 2 aliphatic heterocycles. The lowest BCUT2D eigenvalue weighted by atomic mass is 9.98. The number of anilines is 2. The zero-order chi connectivity index (χ0) is 21.2. The van der Waals surface area contributed by atoms with Crippen molar-refractivity contribution in [3.63, 3.8) is 0 Å². The number of ether oxygens (including phenoxy) is 1. The van der Waals surface area contributed by atoms with Gasteiger partial charge in [0.25, 0.3) is 0 Å². The number of hydrogen-bond donors (Lipinski definition) is 1. The maximum Gasteiger partial charge on any atom is 0.231 e. The fraction of sp³-hybridized carbons (Fsp3) is 0.478. The Bertz CT molecular complexity index is 918. The van der Waals surface area contributed by atoms with Crippen LogP contribution in [0.4, 0.5) is 11.4 Å². The van der Waals surface area contributed by atoms with Gasteiger partial charge in [0.2, 0.25) is 11.8 Å². The van der Waals surface area contributed by atoms with Gasteiger partial charge in [0.1, 0.15) is 11.9 Å². The second kappa shape index (κ2) is 8.53. The number of likely N-dealkylation sites (tertiary alicyclic amines) is 1. The molecule has 162 valence electrons. The summed E-state index contributed by atoms with van der Waals surface area (Å²) < 4.78 is 5.97. The highest BCUT2D eigenvalue weighted by Gasteiger charge is 2.36. The van der Waals surface area contributed by atoms with Gasteiger partial charge in [0.05, 0.1) is 37.1 Å². The average molecular weight is 422 g/mol. The van der Waals surface area contributed by atoms with Crippen LogP contribution in [0.15, 0.2) is 42.7 Å². The molecule has 1 aromatic carbocycles. The lowest BCUT2D eigenvalue weighted by Crippen LogP contribution is -2.57. The van der Waals surface area contributed by atoms with Crippen molar-refractivity contribution in [3.8, 4) is 5.75 Å². The van der Waals surface area contributed by atoms with Crippen LogP contribution in [0.3, 0.4) is 0 Å². The maximum absolute atomic E-state index is 12.5. The van der Waals surface area contributed by atoms with Crippen LogP contribution in [0.5, 0.6) is 5.75 Å². The van der Waals surface area contributed by atoms with Crippen molar-refractivity contribution in [1.82, 2.24) is 15.1 Å². The first-order valence-corrected chi connectivity index (χ1v) is 11.0. The number of carbonyl (C=O) groups is 2. The normalized spacial score (nSPS) is 19.6. The van der Waals surface area contributed by atoms with E-state index in [1.807, 2.05) is 35.2 Å². The van der Waals surface area contributed by atoms with Gasteiger partial charge in [-0.15, -0.1) is 0 Å². The number of aromatic nitrogens is 2. The molecule has 1 saturated carbocycles. The molecule has 1 aromatic heterocycles. The fourth-order valence-electron chi connectivity index (χ4n) is 4.50. The summed E-state index contributed by atoms with van der Waals surface area (Å²) in [7, 11) is 0. The summed E-state index contributed by atoms with van der Waals surface area (Å²) in [4.78, 5) is 28.9. The first-order chi connectivity index (χ1) is 15.2. The number of hydrogen-bond acceptors (Lipinski definition) is 6. The molecule has 3 fully saturated rings. The van der Waals surface area contributed by atoms with Crippen molar-refractivity contribution in [2.45, 2.75) is 31.8 Å². The van der Waals surface area contributed by atoms with Crippen molar-refractivity contribution in [3.05, 3.63) is 42.7 Å². The van der Waals surface area contributed by atoms with Gasteiger partial charge in [-0.3, -0.25) is 9.59 Å². The number of nitrogens with zero attached hydrogens (tertiary/aromatic N) is 4. The molecule has 0 radical (unpaired) electrons. The zero-order valence-corrected chi connectivity index (χ0v) is 17.4. The lowest BCUT2D eigenvalue weighted by Gasteiger charge is -2.40. The number of rotatable bonds is 6. The van der Waals surface area contributed by atoms with Gasteiger partial charge in [0, 0.05) is 24.7 Å². The van der Waals surface area contributed by atoms with E-state index in [1.165, 1.54) is 12.8 Å². The van der Waals surface area contributed by atoms with Crippen LogP contribution in [0.1, 0.15) is 25.7 Å². The summed E-state index contributed by atoms with van der Waals surface area (Å²) in [6.45, 7) is 2.69. The molecular weight excluding hydrogens is 394 g/mol. The Balaban J connectivity index is 1.05. The van der Waals surface area contributed by atoms with E-state index in [0.29, 0.717) is 32.1 Å². The van der Waals surface area contributed by atoms with E-state index in [-0.39, 0.29) is 23.8 Å². The van der Waals surface area contributed by atoms with Crippen LogP contribution in [0, 0.1) is 11.8 Å². The lowest BCUT2D eigenvalue weighted by molar-refractivity contribution is -0.144. The summed E-state index contributed by atoms with van der Waals surface area (Å²) in [6, 6.07) is 9.35. The Labute approximate surface area is 181 Å². The molecule has 8 nitrogen and oxygen atoms in total. The molecule has 0 unspecified atom stereocenters. The van der Waals surface area contributed by atoms with Crippen LogP contribution in [0.2, 0.25) is 0 Å². The van der Waals surface area contributed by atoms with Gasteiger partial charge in [0.15, 0.2) is 0 Å². The Morgan fingerprint density at radius 3 is 2.35 bits per heavy atom. The minimum Gasteiger partial charge on any atom is -0.487 e. The zero-order valence-electron chi connectivity index (χ0n) is 17.4. The monoisotopic (exact) mass is 421 g/mol. The largest absolute Gasteiger partial charge is 0.487 e. The molecule has 0 spiro atoms. The van der Waals surface area contributed by atoms with E-state index in [2.05, 4.69) is 20.4 Å². The fourth-order valence-corrected chi connectivity index (χ4v) is 4.50. The third-order valence-electron chi connectivity index (χ3n) is 6.47. The summed E-state index contributed by atoms with van der Waals surface area (Å²) in [5, 5.41) is 10.6. The highest BCUT2D eigenvalue weighted by molar-refractivity contribution is 5.94. The second-order valence-corrected chi connectivity index (χ2v) is 8.68. The van der Waals surface area contributed by atoms with Gasteiger partial charge in [-0.05, 0) is 43.2 Å². The molecule has 3 heterocycles. The molecule has 31 heavy (non-hydrogen) atoms. The Morgan fingerprint density at radius 1 is 0.935 bits per heavy atom. The molecule has 1 aliphatic carbocycles. The van der Waals surface area contributed by atoms with Gasteiger partial charge in [-0.1, -0.05) is 12.8 Å². The smallest absolute Gasteiger partial charge is 0.231 e. The van der Waals surface area contributed by atoms with E-state index >= 15 is 0 Å². The molecule has 8 heteroatoms. The van der Waals surface area contributed by atoms with Crippen LogP contribution in [-0.2, 0) is 9.59 Å². The number of carbonyl (C=O) groups excluding carboxylic acids is 2. The van der Waals surface area contributed by atoms with E-state index < -0.39 is 0 Å².